The molecule has 0 aliphatic rings. The van der Waals surface area contributed by atoms with Gasteiger partial charge in [0.1, 0.15) is 0 Å². The Kier molecular flexibility index (Phi) is 4.87. The molecule has 0 amide bonds. The molecule has 1 N–H and O–H groups in total. The first-order chi connectivity index (χ1) is 14.3. The summed E-state index contributed by atoms with van der Waals surface area (Å²) in [4.78, 5) is 11.7. The topological polar surface area (TPSA) is 55.1 Å². The first kappa shape index (κ1) is 19.4. The van der Waals surface area contributed by atoms with Crippen LogP contribution in [0.1, 0.15) is 16.1 Å². The van der Waals surface area contributed by atoms with Gasteiger partial charge in [-0.2, -0.15) is 18.3 Å². The molecule has 4 nitrogen and oxygen atoms in total. The number of rotatable bonds is 4. The second kappa shape index (κ2) is 7.51. The molecule has 0 fully saturated rings. The SMILES string of the molecule is O=C(O)c1cc(-c2ccc(-c3ccccc3)cc2)nn1-c1cccc(C(F)(F)F)c1. The number of halogens is 3. The second-order valence-electron chi connectivity index (χ2n) is 6.62. The molecule has 150 valence electrons. The summed E-state index contributed by atoms with van der Waals surface area (Å²) < 4.78 is 40.1. The van der Waals surface area contributed by atoms with Crippen LogP contribution in [0.15, 0.2) is 84.9 Å². The molecule has 4 rings (SSSR count). The minimum Gasteiger partial charge on any atom is -0.477 e. The number of hydrogen-bond donors (Lipinski definition) is 1. The monoisotopic (exact) mass is 408 g/mol. The van der Waals surface area contributed by atoms with Crippen molar-refractivity contribution in [3.05, 3.63) is 96.2 Å². The van der Waals surface area contributed by atoms with Crippen molar-refractivity contribution in [1.29, 1.82) is 0 Å². The Labute approximate surface area is 169 Å². The van der Waals surface area contributed by atoms with E-state index < -0.39 is 17.7 Å². The zero-order valence-corrected chi connectivity index (χ0v) is 15.5. The average molecular weight is 408 g/mol. The number of benzene rings is 3. The van der Waals surface area contributed by atoms with E-state index in [-0.39, 0.29) is 11.4 Å². The first-order valence-electron chi connectivity index (χ1n) is 9.00. The molecule has 0 aliphatic heterocycles. The Balaban J connectivity index is 1.74. The van der Waals surface area contributed by atoms with Gasteiger partial charge in [-0.25, -0.2) is 9.48 Å². The lowest BCUT2D eigenvalue weighted by atomic mass is 10.0. The van der Waals surface area contributed by atoms with Crippen molar-refractivity contribution < 1.29 is 23.1 Å². The minimum atomic E-state index is -4.54. The third-order valence-corrected chi connectivity index (χ3v) is 4.63. The Morgan fingerprint density at radius 2 is 1.43 bits per heavy atom. The standard InChI is InChI=1S/C23H15F3N2O2/c24-23(25,26)18-7-4-8-19(13-18)28-21(22(29)30)14-20(27-28)17-11-9-16(10-12-17)15-5-2-1-3-6-15/h1-14H,(H,29,30). The molecule has 0 atom stereocenters. The van der Waals surface area contributed by atoms with Gasteiger partial charge in [0.15, 0.2) is 5.69 Å². The van der Waals surface area contributed by atoms with Crippen molar-refractivity contribution >= 4 is 5.97 Å². The van der Waals surface area contributed by atoms with Crippen LogP contribution in [0.5, 0.6) is 0 Å². The van der Waals surface area contributed by atoms with Gasteiger partial charge in [0.05, 0.1) is 16.9 Å². The van der Waals surface area contributed by atoms with Gasteiger partial charge in [0, 0.05) is 5.56 Å². The molecule has 0 saturated heterocycles. The maximum atomic E-state index is 13.0. The van der Waals surface area contributed by atoms with E-state index >= 15 is 0 Å². The Morgan fingerprint density at radius 3 is 2.07 bits per heavy atom. The van der Waals surface area contributed by atoms with E-state index in [0.717, 1.165) is 27.9 Å². The number of carboxylic acid groups (broad SMARTS) is 1. The van der Waals surface area contributed by atoms with Crippen molar-refractivity contribution in [2.75, 3.05) is 0 Å². The second-order valence-corrected chi connectivity index (χ2v) is 6.62. The van der Waals surface area contributed by atoms with Crippen LogP contribution in [-0.2, 0) is 6.18 Å². The highest BCUT2D eigenvalue weighted by Crippen LogP contribution is 2.31. The number of nitrogens with zero attached hydrogens (tertiary/aromatic N) is 2. The third-order valence-electron chi connectivity index (χ3n) is 4.63. The minimum absolute atomic E-state index is 0.0226. The van der Waals surface area contributed by atoms with E-state index in [4.69, 9.17) is 0 Å². The van der Waals surface area contributed by atoms with Gasteiger partial charge in [0.2, 0.25) is 0 Å². The molecule has 0 aliphatic carbocycles. The van der Waals surface area contributed by atoms with Crippen LogP contribution in [0.2, 0.25) is 0 Å². The third kappa shape index (κ3) is 3.82. The van der Waals surface area contributed by atoms with Crippen LogP contribution >= 0.6 is 0 Å². The number of hydrogen-bond acceptors (Lipinski definition) is 2. The summed E-state index contributed by atoms with van der Waals surface area (Å²) in [6, 6.07) is 22.8. The van der Waals surface area contributed by atoms with Gasteiger partial charge >= 0.3 is 12.1 Å². The van der Waals surface area contributed by atoms with Crippen LogP contribution in [0.4, 0.5) is 13.2 Å². The van der Waals surface area contributed by atoms with Crippen LogP contribution in [0.3, 0.4) is 0 Å². The van der Waals surface area contributed by atoms with Gasteiger partial charge in [-0.05, 0) is 35.4 Å². The molecular weight excluding hydrogens is 393 g/mol. The van der Waals surface area contributed by atoms with Crippen molar-refractivity contribution in [2.24, 2.45) is 0 Å². The van der Waals surface area contributed by atoms with E-state index in [0.29, 0.717) is 11.3 Å². The summed E-state index contributed by atoms with van der Waals surface area (Å²) in [6.45, 7) is 0. The van der Waals surface area contributed by atoms with E-state index in [2.05, 4.69) is 5.10 Å². The van der Waals surface area contributed by atoms with Crippen LogP contribution in [-0.4, -0.2) is 20.9 Å². The highest BCUT2D eigenvalue weighted by Gasteiger charge is 2.31. The van der Waals surface area contributed by atoms with Crippen molar-refractivity contribution in [3.8, 4) is 28.1 Å². The molecule has 0 bridgehead atoms. The average Bonchev–Trinajstić information content (AvgIpc) is 3.20. The largest absolute Gasteiger partial charge is 0.477 e. The summed E-state index contributed by atoms with van der Waals surface area (Å²) in [5.74, 6) is -1.29. The normalized spacial score (nSPS) is 11.4. The lowest BCUT2D eigenvalue weighted by Gasteiger charge is -2.09. The van der Waals surface area contributed by atoms with E-state index in [1.807, 2.05) is 42.5 Å². The number of carbonyl (C=O) groups is 1. The van der Waals surface area contributed by atoms with Crippen molar-refractivity contribution in [2.45, 2.75) is 6.18 Å². The zero-order chi connectivity index (χ0) is 21.3. The van der Waals surface area contributed by atoms with Gasteiger partial charge in [-0.1, -0.05) is 60.7 Å². The molecule has 0 unspecified atom stereocenters. The zero-order valence-electron chi connectivity index (χ0n) is 15.5. The van der Waals surface area contributed by atoms with E-state index in [1.54, 1.807) is 12.1 Å². The summed E-state index contributed by atoms with van der Waals surface area (Å²) in [5.41, 5.74) is 1.94. The fraction of sp³-hybridized carbons (Fsp3) is 0.0435. The highest BCUT2D eigenvalue weighted by molar-refractivity contribution is 5.88. The summed E-state index contributed by atoms with van der Waals surface area (Å²) in [7, 11) is 0. The first-order valence-corrected chi connectivity index (χ1v) is 9.00. The molecule has 1 heterocycles. The summed E-state index contributed by atoms with van der Waals surface area (Å²) in [5, 5.41) is 13.8. The van der Waals surface area contributed by atoms with Crippen LogP contribution < -0.4 is 0 Å². The fourth-order valence-corrected chi connectivity index (χ4v) is 3.15. The maximum absolute atomic E-state index is 13.0. The number of aromatic carboxylic acids is 1. The molecule has 3 aromatic carbocycles. The van der Waals surface area contributed by atoms with Crippen molar-refractivity contribution in [1.82, 2.24) is 9.78 Å². The quantitative estimate of drug-likeness (QED) is 0.456. The van der Waals surface area contributed by atoms with Gasteiger partial charge in [-0.3, -0.25) is 0 Å². The molecule has 30 heavy (non-hydrogen) atoms. The molecule has 4 aromatic rings. The summed E-state index contributed by atoms with van der Waals surface area (Å²) in [6.07, 6.45) is -4.54. The number of alkyl halides is 3. The molecule has 1 aromatic heterocycles. The maximum Gasteiger partial charge on any atom is 0.416 e. The van der Waals surface area contributed by atoms with Crippen LogP contribution in [0.25, 0.3) is 28.1 Å². The predicted molar refractivity (Wildman–Crippen MR) is 106 cm³/mol. The van der Waals surface area contributed by atoms with Crippen molar-refractivity contribution in [3.63, 3.8) is 0 Å². The van der Waals surface area contributed by atoms with E-state index in [9.17, 15) is 23.1 Å². The number of carboxylic acids is 1. The smallest absolute Gasteiger partial charge is 0.416 e. The van der Waals surface area contributed by atoms with Gasteiger partial charge in [0.25, 0.3) is 0 Å². The molecule has 0 saturated carbocycles. The molecular formula is C23H15F3N2O2. The Hall–Kier alpha value is -3.87. The number of aromatic nitrogens is 2. The highest BCUT2D eigenvalue weighted by atomic mass is 19.4. The Bertz CT molecular complexity index is 1200. The Morgan fingerprint density at radius 1 is 0.800 bits per heavy atom. The fourth-order valence-electron chi connectivity index (χ4n) is 3.15. The molecule has 7 heteroatoms. The van der Waals surface area contributed by atoms with E-state index in [1.165, 1.54) is 18.2 Å². The summed E-state index contributed by atoms with van der Waals surface area (Å²) >= 11 is 0. The lowest BCUT2D eigenvalue weighted by molar-refractivity contribution is -0.137. The lowest BCUT2D eigenvalue weighted by Crippen LogP contribution is -2.10. The molecule has 0 radical (unpaired) electrons. The van der Waals surface area contributed by atoms with Crippen LogP contribution in [0, 0.1) is 0 Å². The predicted octanol–water partition coefficient (Wildman–Crippen LogP) is 5.92. The molecule has 0 spiro atoms. The van der Waals surface area contributed by atoms with Gasteiger partial charge < -0.3 is 5.11 Å². The van der Waals surface area contributed by atoms with Gasteiger partial charge in [-0.15, -0.1) is 0 Å².